The van der Waals surface area contributed by atoms with Crippen LogP contribution in [0.2, 0.25) is 5.02 Å². The number of carbonyl (C=O) groups excluding carboxylic acids is 1. The van der Waals surface area contributed by atoms with Crippen molar-refractivity contribution in [3.8, 4) is 22.5 Å². The fourth-order valence-corrected chi connectivity index (χ4v) is 5.95. The molecular formula is C31H32ClN3O2. The molecule has 0 unspecified atom stereocenters. The minimum Gasteiger partial charge on any atom is -0.378 e. The van der Waals surface area contributed by atoms with E-state index in [0.717, 1.165) is 61.2 Å². The summed E-state index contributed by atoms with van der Waals surface area (Å²) in [5, 5.41) is 0.702. The molecule has 1 N–H and O–H groups in total. The Hall–Kier alpha value is -3.15. The lowest BCUT2D eigenvalue weighted by atomic mass is 9.77. The van der Waals surface area contributed by atoms with Crippen molar-refractivity contribution in [1.29, 1.82) is 0 Å². The third-order valence-electron chi connectivity index (χ3n) is 7.99. The Balaban J connectivity index is 1.06. The third-order valence-corrected chi connectivity index (χ3v) is 8.23. The van der Waals surface area contributed by atoms with Gasteiger partial charge in [-0.05, 0) is 72.4 Å². The van der Waals surface area contributed by atoms with E-state index in [9.17, 15) is 4.79 Å². The van der Waals surface area contributed by atoms with Crippen LogP contribution >= 0.6 is 11.6 Å². The van der Waals surface area contributed by atoms with Crippen molar-refractivity contribution in [2.24, 2.45) is 5.92 Å². The van der Waals surface area contributed by atoms with Gasteiger partial charge < -0.3 is 14.6 Å². The first-order chi connectivity index (χ1) is 18.1. The van der Waals surface area contributed by atoms with Crippen molar-refractivity contribution < 1.29 is 9.53 Å². The molecule has 1 aliphatic carbocycles. The smallest absolute Gasteiger partial charge is 0.223 e. The van der Waals surface area contributed by atoms with E-state index in [-0.39, 0.29) is 0 Å². The number of aromatic nitrogens is 2. The van der Waals surface area contributed by atoms with E-state index in [2.05, 4.69) is 53.5 Å². The first-order valence-corrected chi connectivity index (χ1v) is 13.7. The third kappa shape index (κ3) is 5.43. The van der Waals surface area contributed by atoms with Crippen LogP contribution in [0, 0.1) is 5.92 Å². The van der Waals surface area contributed by atoms with E-state index in [4.69, 9.17) is 21.3 Å². The van der Waals surface area contributed by atoms with Gasteiger partial charge >= 0.3 is 0 Å². The number of hydrogen-bond donors (Lipinski definition) is 1. The maximum atomic E-state index is 12.6. The van der Waals surface area contributed by atoms with Gasteiger partial charge in [-0.25, -0.2) is 4.98 Å². The number of aromatic amines is 1. The Labute approximate surface area is 222 Å². The molecule has 0 atom stereocenters. The number of imidazole rings is 1. The molecule has 0 bridgehead atoms. The highest BCUT2D eigenvalue weighted by molar-refractivity contribution is 6.31. The van der Waals surface area contributed by atoms with Gasteiger partial charge in [0.25, 0.3) is 0 Å². The second kappa shape index (κ2) is 10.7. The van der Waals surface area contributed by atoms with E-state index in [1.165, 1.54) is 16.7 Å². The standard InChI is InChI=1S/C31H32ClN3O2/c32-27-13-14-28-29(20-27)34-31(33-28)26-11-9-25(10-12-26)24-7-5-23(6-8-24)22-3-1-21(2-4-22)19-30(36)35-15-17-37-18-16-35/h5-14,20-22H,1-4,15-19H2,(H,33,34). The van der Waals surface area contributed by atoms with Crippen molar-refractivity contribution in [3.63, 3.8) is 0 Å². The van der Waals surface area contributed by atoms with E-state index in [1.54, 1.807) is 0 Å². The second-order valence-electron chi connectivity index (χ2n) is 10.4. The van der Waals surface area contributed by atoms with Crippen molar-refractivity contribution in [2.75, 3.05) is 26.3 Å². The SMILES string of the molecule is O=C(CC1CCC(c2ccc(-c3ccc(-c4nc5ccc(Cl)cc5[nH]4)cc3)cc2)CC1)N1CCOCC1. The number of halogens is 1. The van der Waals surface area contributed by atoms with Crippen LogP contribution in [-0.4, -0.2) is 47.1 Å². The van der Waals surface area contributed by atoms with Gasteiger partial charge in [-0.1, -0.05) is 60.1 Å². The van der Waals surface area contributed by atoms with Crippen molar-refractivity contribution >= 4 is 28.5 Å². The summed E-state index contributed by atoms with van der Waals surface area (Å²) in [6, 6.07) is 23.3. The maximum Gasteiger partial charge on any atom is 0.223 e. The molecule has 0 radical (unpaired) electrons. The van der Waals surface area contributed by atoms with Crippen molar-refractivity contribution in [1.82, 2.24) is 14.9 Å². The molecule has 5 nitrogen and oxygen atoms in total. The number of nitrogens with one attached hydrogen (secondary N) is 1. The molecule has 1 saturated heterocycles. The minimum atomic E-state index is 0.312. The number of nitrogens with zero attached hydrogens (tertiary/aromatic N) is 2. The molecule has 4 aromatic rings. The monoisotopic (exact) mass is 513 g/mol. The molecule has 1 saturated carbocycles. The first-order valence-electron chi connectivity index (χ1n) is 13.3. The van der Waals surface area contributed by atoms with E-state index >= 15 is 0 Å². The van der Waals surface area contributed by atoms with Gasteiger partial charge in [0, 0.05) is 30.1 Å². The number of carbonyl (C=O) groups is 1. The largest absolute Gasteiger partial charge is 0.378 e. The molecule has 37 heavy (non-hydrogen) atoms. The maximum absolute atomic E-state index is 12.6. The Morgan fingerprint density at radius 2 is 1.54 bits per heavy atom. The van der Waals surface area contributed by atoms with Gasteiger partial charge in [-0.2, -0.15) is 0 Å². The zero-order chi connectivity index (χ0) is 25.2. The number of ether oxygens (including phenoxy) is 1. The van der Waals surface area contributed by atoms with Gasteiger partial charge in [0.1, 0.15) is 5.82 Å². The second-order valence-corrected chi connectivity index (χ2v) is 10.8. The summed E-state index contributed by atoms with van der Waals surface area (Å²) in [6.45, 7) is 2.85. The highest BCUT2D eigenvalue weighted by Crippen LogP contribution is 2.38. The highest BCUT2D eigenvalue weighted by atomic mass is 35.5. The van der Waals surface area contributed by atoms with Crippen LogP contribution in [0.4, 0.5) is 0 Å². The normalized spacial score (nSPS) is 20.3. The highest BCUT2D eigenvalue weighted by Gasteiger charge is 2.26. The summed E-state index contributed by atoms with van der Waals surface area (Å²) in [5.74, 6) is 2.27. The predicted molar refractivity (Wildman–Crippen MR) is 149 cm³/mol. The molecule has 190 valence electrons. The molecule has 6 heteroatoms. The average Bonchev–Trinajstić information content (AvgIpc) is 3.37. The van der Waals surface area contributed by atoms with Gasteiger partial charge in [-0.3, -0.25) is 4.79 Å². The quantitative estimate of drug-likeness (QED) is 0.310. The summed E-state index contributed by atoms with van der Waals surface area (Å²) in [4.78, 5) is 22.6. The van der Waals surface area contributed by atoms with Gasteiger partial charge in [0.05, 0.1) is 24.2 Å². The number of benzene rings is 3. The topological polar surface area (TPSA) is 58.2 Å². The molecule has 2 fully saturated rings. The van der Waals surface area contributed by atoms with Crippen LogP contribution in [0.5, 0.6) is 0 Å². The molecule has 2 heterocycles. The Morgan fingerprint density at radius 3 is 2.24 bits per heavy atom. The summed E-state index contributed by atoms with van der Waals surface area (Å²) >= 11 is 6.11. The summed E-state index contributed by atoms with van der Waals surface area (Å²) in [7, 11) is 0. The van der Waals surface area contributed by atoms with Crippen molar-refractivity contribution in [3.05, 3.63) is 77.3 Å². The van der Waals surface area contributed by atoms with Crippen LogP contribution in [0.1, 0.15) is 43.6 Å². The molecular weight excluding hydrogens is 482 g/mol. The lowest BCUT2D eigenvalue weighted by Crippen LogP contribution is -2.41. The molecule has 0 spiro atoms. The minimum absolute atomic E-state index is 0.312. The Bertz CT molecular complexity index is 1370. The van der Waals surface area contributed by atoms with Crippen LogP contribution in [0.15, 0.2) is 66.7 Å². The number of amides is 1. The number of rotatable bonds is 5. The fraction of sp³-hybridized carbons (Fsp3) is 0.355. The van der Waals surface area contributed by atoms with Gasteiger partial charge in [0.15, 0.2) is 0 Å². The molecule has 1 amide bonds. The van der Waals surface area contributed by atoms with Crippen LogP contribution in [0.3, 0.4) is 0 Å². The summed E-state index contributed by atoms with van der Waals surface area (Å²) in [5.41, 5.74) is 6.74. The zero-order valence-electron chi connectivity index (χ0n) is 21.0. The Morgan fingerprint density at radius 1 is 0.892 bits per heavy atom. The fourth-order valence-electron chi connectivity index (χ4n) is 5.78. The van der Waals surface area contributed by atoms with E-state index in [0.29, 0.717) is 42.4 Å². The molecule has 1 aliphatic heterocycles. The molecule has 6 rings (SSSR count). The zero-order valence-corrected chi connectivity index (χ0v) is 21.7. The van der Waals surface area contributed by atoms with E-state index < -0.39 is 0 Å². The number of fused-ring (bicyclic) bond motifs is 1. The number of hydrogen-bond acceptors (Lipinski definition) is 3. The van der Waals surface area contributed by atoms with Crippen LogP contribution in [-0.2, 0) is 9.53 Å². The van der Waals surface area contributed by atoms with Crippen molar-refractivity contribution in [2.45, 2.75) is 38.0 Å². The lowest BCUT2D eigenvalue weighted by Gasteiger charge is -2.32. The molecule has 1 aromatic heterocycles. The lowest BCUT2D eigenvalue weighted by molar-refractivity contribution is -0.136. The summed E-state index contributed by atoms with van der Waals surface area (Å²) in [6.07, 6.45) is 5.30. The van der Waals surface area contributed by atoms with Gasteiger partial charge in [0.2, 0.25) is 5.91 Å². The average molecular weight is 514 g/mol. The molecule has 3 aromatic carbocycles. The predicted octanol–water partition coefficient (Wildman–Crippen LogP) is 7.07. The number of H-pyrrole nitrogens is 1. The van der Waals surface area contributed by atoms with Crippen LogP contribution < -0.4 is 0 Å². The first kappa shape index (κ1) is 24.2. The molecule has 2 aliphatic rings. The van der Waals surface area contributed by atoms with Gasteiger partial charge in [-0.15, -0.1) is 0 Å². The Kier molecular flexibility index (Phi) is 6.99. The van der Waals surface area contributed by atoms with Crippen LogP contribution in [0.25, 0.3) is 33.5 Å². The number of morpholine rings is 1. The van der Waals surface area contributed by atoms with E-state index in [1.807, 2.05) is 23.1 Å². The summed E-state index contributed by atoms with van der Waals surface area (Å²) < 4.78 is 5.38.